The second-order valence-corrected chi connectivity index (χ2v) is 5.60. The number of nitrogens with one attached hydrogen (secondary N) is 1. The van der Waals surface area contributed by atoms with Crippen molar-refractivity contribution in [2.24, 2.45) is 0 Å². The number of halogens is 1. The van der Waals surface area contributed by atoms with E-state index in [1.165, 1.54) is 25.1 Å². The van der Waals surface area contributed by atoms with Gasteiger partial charge in [0.1, 0.15) is 18.1 Å². The number of carboxylic acids is 1. The molecule has 0 unspecified atom stereocenters. The molecule has 0 fully saturated rings. The first-order valence-corrected chi connectivity index (χ1v) is 8.25. The zero-order chi connectivity index (χ0) is 19.8. The first-order valence-electron chi connectivity index (χ1n) is 8.25. The van der Waals surface area contributed by atoms with Crippen molar-refractivity contribution in [3.05, 3.63) is 65.1 Å². The Morgan fingerprint density at radius 3 is 2.41 bits per heavy atom. The van der Waals surface area contributed by atoms with Gasteiger partial charge in [-0.15, -0.1) is 0 Å². The zero-order valence-corrected chi connectivity index (χ0v) is 15.0. The van der Waals surface area contributed by atoms with Crippen LogP contribution in [0.2, 0.25) is 0 Å². The molecule has 7 heteroatoms. The highest BCUT2D eigenvalue weighted by atomic mass is 19.1. The van der Waals surface area contributed by atoms with Gasteiger partial charge in [-0.25, -0.2) is 9.18 Å². The summed E-state index contributed by atoms with van der Waals surface area (Å²) in [4.78, 5) is 22.4. The van der Waals surface area contributed by atoms with Gasteiger partial charge >= 0.3 is 5.97 Å². The van der Waals surface area contributed by atoms with Crippen LogP contribution in [-0.2, 0) is 16.2 Å². The van der Waals surface area contributed by atoms with Crippen molar-refractivity contribution in [1.82, 2.24) is 5.32 Å². The molecule has 2 N–H and O–H groups in total. The summed E-state index contributed by atoms with van der Waals surface area (Å²) in [6.07, 6.45) is 1.33. The van der Waals surface area contributed by atoms with Crippen LogP contribution in [0.4, 0.5) is 4.39 Å². The number of hydrogen-bond donors (Lipinski definition) is 2. The lowest BCUT2D eigenvalue weighted by atomic mass is 10.1. The van der Waals surface area contributed by atoms with Gasteiger partial charge in [-0.2, -0.15) is 0 Å². The van der Waals surface area contributed by atoms with E-state index in [-0.39, 0.29) is 18.1 Å². The average Bonchev–Trinajstić information content (AvgIpc) is 2.61. The van der Waals surface area contributed by atoms with Crippen LogP contribution in [0, 0.1) is 5.82 Å². The van der Waals surface area contributed by atoms with Crippen molar-refractivity contribution in [1.29, 1.82) is 0 Å². The standard InChI is InChI=1S/C20H20FNO5/c1-3-26-19-11-15(10-17(20(24)25)22-13(2)23)6-9-18(19)27-12-14-4-7-16(21)8-5-14/h4-11H,3,12H2,1-2H3,(H,22,23)(H,24,25). The summed E-state index contributed by atoms with van der Waals surface area (Å²) >= 11 is 0. The van der Waals surface area contributed by atoms with Crippen LogP contribution >= 0.6 is 0 Å². The second-order valence-electron chi connectivity index (χ2n) is 5.60. The largest absolute Gasteiger partial charge is 0.490 e. The van der Waals surface area contributed by atoms with E-state index in [0.717, 1.165) is 5.56 Å². The number of aliphatic carboxylic acids is 1. The smallest absolute Gasteiger partial charge is 0.352 e. The number of carboxylic acid groups (broad SMARTS) is 1. The molecular weight excluding hydrogens is 353 g/mol. The quantitative estimate of drug-likeness (QED) is 0.693. The first-order chi connectivity index (χ1) is 12.9. The van der Waals surface area contributed by atoms with Crippen molar-refractivity contribution >= 4 is 18.0 Å². The van der Waals surface area contributed by atoms with Crippen LogP contribution in [0.15, 0.2) is 48.2 Å². The van der Waals surface area contributed by atoms with Gasteiger partial charge in [-0.05, 0) is 48.4 Å². The van der Waals surface area contributed by atoms with E-state index in [1.54, 1.807) is 30.3 Å². The van der Waals surface area contributed by atoms with Gasteiger partial charge in [0.15, 0.2) is 11.5 Å². The number of rotatable bonds is 8. The Hall–Kier alpha value is -3.35. The summed E-state index contributed by atoms with van der Waals surface area (Å²) in [6.45, 7) is 3.65. The van der Waals surface area contributed by atoms with Crippen molar-refractivity contribution < 1.29 is 28.6 Å². The fraction of sp³-hybridized carbons (Fsp3) is 0.200. The van der Waals surface area contributed by atoms with E-state index in [2.05, 4.69) is 5.32 Å². The monoisotopic (exact) mass is 373 g/mol. The minimum atomic E-state index is -1.25. The summed E-state index contributed by atoms with van der Waals surface area (Å²) in [6, 6.07) is 10.9. The predicted octanol–water partition coefficient (Wildman–Crippen LogP) is 3.37. The first kappa shape index (κ1) is 20.0. The lowest BCUT2D eigenvalue weighted by molar-refractivity contribution is -0.134. The van der Waals surface area contributed by atoms with Crippen LogP contribution in [-0.4, -0.2) is 23.6 Å². The third-order valence-electron chi connectivity index (χ3n) is 3.43. The molecule has 0 heterocycles. The zero-order valence-electron chi connectivity index (χ0n) is 15.0. The maximum atomic E-state index is 13.0. The molecule has 0 radical (unpaired) electrons. The Labute approximate surface area is 156 Å². The number of amides is 1. The highest BCUT2D eigenvalue weighted by molar-refractivity contribution is 5.96. The van der Waals surface area contributed by atoms with Gasteiger partial charge in [-0.1, -0.05) is 18.2 Å². The molecule has 1 amide bonds. The lowest BCUT2D eigenvalue weighted by Crippen LogP contribution is -2.24. The van der Waals surface area contributed by atoms with Gasteiger partial charge in [0.2, 0.25) is 5.91 Å². The molecule has 0 aliphatic heterocycles. The molecule has 2 rings (SSSR count). The molecule has 2 aromatic carbocycles. The Morgan fingerprint density at radius 2 is 1.81 bits per heavy atom. The van der Waals surface area contributed by atoms with E-state index in [4.69, 9.17) is 9.47 Å². The van der Waals surface area contributed by atoms with Crippen LogP contribution in [0.25, 0.3) is 6.08 Å². The van der Waals surface area contributed by atoms with E-state index in [9.17, 15) is 19.1 Å². The maximum absolute atomic E-state index is 13.0. The van der Waals surface area contributed by atoms with Gasteiger partial charge < -0.3 is 19.9 Å². The lowest BCUT2D eigenvalue weighted by Gasteiger charge is -2.13. The third-order valence-corrected chi connectivity index (χ3v) is 3.43. The van der Waals surface area contributed by atoms with Gasteiger partial charge in [0.05, 0.1) is 6.61 Å². The summed E-state index contributed by atoms with van der Waals surface area (Å²) < 4.78 is 24.3. The molecule has 142 valence electrons. The third kappa shape index (κ3) is 6.14. The molecule has 0 spiro atoms. The van der Waals surface area contributed by atoms with Crippen LogP contribution in [0.5, 0.6) is 11.5 Å². The summed E-state index contributed by atoms with van der Waals surface area (Å²) in [5, 5.41) is 11.4. The normalized spacial score (nSPS) is 11.0. The molecular formula is C20H20FNO5. The summed E-state index contributed by atoms with van der Waals surface area (Å²) in [5.41, 5.74) is 1.07. The van der Waals surface area contributed by atoms with Crippen molar-refractivity contribution in [3.63, 3.8) is 0 Å². The Bertz CT molecular complexity index is 846. The molecule has 6 nitrogen and oxygen atoms in total. The molecule has 0 atom stereocenters. The summed E-state index contributed by atoms with van der Waals surface area (Å²) in [7, 11) is 0. The maximum Gasteiger partial charge on any atom is 0.352 e. The highest BCUT2D eigenvalue weighted by Gasteiger charge is 2.11. The number of ether oxygens (including phenoxy) is 2. The Kier molecular flexibility index (Phi) is 6.93. The molecule has 0 saturated heterocycles. The summed E-state index contributed by atoms with van der Waals surface area (Å²) in [5.74, 6) is -1.15. The molecule has 27 heavy (non-hydrogen) atoms. The number of hydrogen-bond acceptors (Lipinski definition) is 4. The Morgan fingerprint density at radius 1 is 1.11 bits per heavy atom. The van der Waals surface area contributed by atoms with Gasteiger partial charge in [-0.3, -0.25) is 4.79 Å². The van der Waals surface area contributed by atoms with E-state index in [0.29, 0.717) is 23.7 Å². The molecule has 0 bridgehead atoms. The predicted molar refractivity (Wildman–Crippen MR) is 97.8 cm³/mol. The second kappa shape index (κ2) is 9.38. The molecule has 0 aromatic heterocycles. The van der Waals surface area contributed by atoms with Crippen molar-refractivity contribution in [2.45, 2.75) is 20.5 Å². The topological polar surface area (TPSA) is 84.9 Å². The Balaban J connectivity index is 2.23. The minimum absolute atomic E-state index is 0.224. The molecule has 0 aliphatic rings. The number of benzene rings is 2. The molecule has 0 saturated carbocycles. The van der Waals surface area contributed by atoms with E-state index in [1.807, 2.05) is 6.92 Å². The molecule has 0 aliphatic carbocycles. The fourth-order valence-electron chi connectivity index (χ4n) is 2.25. The van der Waals surface area contributed by atoms with Crippen LogP contribution < -0.4 is 14.8 Å². The highest BCUT2D eigenvalue weighted by Crippen LogP contribution is 2.30. The van der Waals surface area contributed by atoms with Crippen LogP contribution in [0.3, 0.4) is 0 Å². The SMILES string of the molecule is CCOc1cc(C=C(NC(C)=O)C(=O)O)ccc1OCc1ccc(F)cc1. The van der Waals surface area contributed by atoms with Crippen molar-refractivity contribution in [3.8, 4) is 11.5 Å². The fourth-order valence-corrected chi connectivity index (χ4v) is 2.25. The minimum Gasteiger partial charge on any atom is -0.490 e. The average molecular weight is 373 g/mol. The van der Waals surface area contributed by atoms with Crippen LogP contribution in [0.1, 0.15) is 25.0 Å². The van der Waals surface area contributed by atoms with Gasteiger partial charge in [0.25, 0.3) is 0 Å². The van der Waals surface area contributed by atoms with Gasteiger partial charge in [0, 0.05) is 6.92 Å². The number of carbonyl (C=O) groups excluding carboxylic acids is 1. The molecule has 2 aromatic rings. The van der Waals surface area contributed by atoms with E-state index < -0.39 is 11.9 Å². The van der Waals surface area contributed by atoms with Crippen molar-refractivity contribution in [2.75, 3.05) is 6.61 Å². The number of carbonyl (C=O) groups is 2. The van der Waals surface area contributed by atoms with E-state index >= 15 is 0 Å².